The SMILES string of the molecule is CC(C)C[C@H](NC(=O)[C@H](Cc1ccc(OS(=O)(=O)O)cc1)NC(=O)[C@H](CCC(=O)O)NC(=O)[C@H](CCC(=O)O)NC(=O)[C@@H]1CCCN1C(=O)[C@H](C)NC(=O)[C@H](CCC(=O)O)NC(=O)[C@H](CCC(=O)O)NC(=O)[C@H](Cc1ccccc1)NC(=O)[C@@H](N)CC(=O)O)C(=O)N[C@@H](CCC(N)=O)C(=O)O. The first-order valence-corrected chi connectivity index (χ1v) is 32.8. The minimum atomic E-state index is -5.03. The van der Waals surface area contributed by atoms with Crippen LogP contribution in [-0.4, -0.2) is 222 Å². The molecule has 101 heavy (non-hydrogen) atoms. The highest BCUT2D eigenvalue weighted by Crippen LogP contribution is 2.21. The smallest absolute Gasteiger partial charge is 0.446 e. The first-order chi connectivity index (χ1) is 47.2. The van der Waals surface area contributed by atoms with Crippen LogP contribution in [0.3, 0.4) is 0 Å². The Balaban J connectivity index is 1.94. The summed E-state index contributed by atoms with van der Waals surface area (Å²) in [4.78, 5) is 223. The number of hydrogen-bond donors (Lipinski definition) is 18. The molecule has 1 aliphatic rings. The highest BCUT2D eigenvalue weighted by atomic mass is 32.3. The van der Waals surface area contributed by atoms with Crippen LogP contribution < -0.4 is 63.5 Å². The molecule has 2 aromatic rings. The third-order valence-electron chi connectivity index (χ3n) is 15.2. The Labute approximate surface area is 576 Å². The highest BCUT2D eigenvalue weighted by Gasteiger charge is 2.41. The summed E-state index contributed by atoms with van der Waals surface area (Å²) in [6.45, 7) is 4.19. The highest BCUT2D eigenvalue weighted by molar-refractivity contribution is 7.81. The Bertz CT molecular complexity index is 3470. The van der Waals surface area contributed by atoms with E-state index in [0.717, 1.165) is 24.0 Å². The molecule has 1 heterocycles. The number of carboxylic acids is 6. The summed E-state index contributed by atoms with van der Waals surface area (Å²) in [5.41, 5.74) is 11.5. The van der Waals surface area contributed by atoms with Crippen molar-refractivity contribution in [2.75, 3.05) is 6.54 Å². The average molecular weight is 1450 g/mol. The van der Waals surface area contributed by atoms with Crippen LogP contribution in [0, 0.1) is 5.92 Å². The Kier molecular flexibility index (Phi) is 34.1. The number of likely N-dealkylation sites (tertiary alicyclic amines) is 1. The van der Waals surface area contributed by atoms with Crippen molar-refractivity contribution in [3.63, 3.8) is 0 Å². The van der Waals surface area contributed by atoms with Crippen molar-refractivity contribution < 1.29 is 129 Å². The van der Waals surface area contributed by atoms with Crippen molar-refractivity contribution in [3.05, 3.63) is 65.7 Å². The van der Waals surface area contributed by atoms with E-state index < -0.39 is 266 Å². The standard InChI is InChI=1S/C61H84N12O27S/c1-30(2)26-41(56(90)69-40(61(95)96)15-20-45(63)74)71-58(92)43(28-33-11-13-34(14-12-33)100-101(97,98)99)72-55(89)38(18-23-48(79)80)66-54(88)39(19-24-49(81)82)68-59(93)44-10-7-25-73(44)60(94)31(3)64-52(86)36(16-21-46(75)76)65-53(87)37(17-22-47(77)78)67-57(91)42(27-32-8-5-4-6-9-32)70-51(85)35(62)29-50(83)84/h4-6,8-9,11-14,30-31,35-44H,7,10,15-29,62H2,1-3H3,(H2,63,74)(H,64,86)(H,65,87)(H,66,88)(H,67,91)(H,68,93)(H,69,90)(H,70,85)(H,71,92)(H,72,89)(H,75,76)(H,77,78)(H,79,80)(H,81,82)(H,83,84)(H,95,96)(H,97,98,99)/t31-,35-,36-,37-,38-,39-,40-,41-,42-,43-,44-/m0/s1. The Hall–Kier alpha value is -10.9. The fourth-order valence-electron chi connectivity index (χ4n) is 10.1. The zero-order chi connectivity index (χ0) is 76.0. The molecule has 40 heteroatoms. The van der Waals surface area contributed by atoms with Gasteiger partial charge < -0.3 is 99.0 Å². The molecular formula is C61H84N12O27S. The molecule has 11 amide bonds. The predicted octanol–water partition coefficient (Wildman–Crippen LogP) is -4.32. The van der Waals surface area contributed by atoms with Crippen molar-refractivity contribution in [1.82, 2.24) is 52.8 Å². The maximum absolute atomic E-state index is 14.4. The number of benzene rings is 2. The van der Waals surface area contributed by atoms with Gasteiger partial charge in [-0.1, -0.05) is 56.3 Å². The number of nitrogens with one attached hydrogen (secondary N) is 9. The monoisotopic (exact) mass is 1450 g/mol. The molecular weight excluding hydrogens is 1360 g/mol. The van der Waals surface area contributed by atoms with Gasteiger partial charge in [-0.2, -0.15) is 8.42 Å². The van der Waals surface area contributed by atoms with E-state index in [2.05, 4.69) is 52.0 Å². The molecule has 0 unspecified atom stereocenters. The third kappa shape index (κ3) is 31.2. The van der Waals surface area contributed by atoms with Gasteiger partial charge in [-0.25, -0.2) is 4.79 Å². The summed E-state index contributed by atoms with van der Waals surface area (Å²) in [5.74, 6) is -22.3. The van der Waals surface area contributed by atoms with Gasteiger partial charge in [0.15, 0.2) is 0 Å². The van der Waals surface area contributed by atoms with Gasteiger partial charge in [0.2, 0.25) is 65.0 Å². The van der Waals surface area contributed by atoms with Gasteiger partial charge in [0.05, 0.1) is 12.5 Å². The second-order valence-corrected chi connectivity index (χ2v) is 24.9. The number of nitrogens with two attached hydrogens (primary N) is 2. The van der Waals surface area contributed by atoms with Gasteiger partial charge in [-0.3, -0.25) is 81.3 Å². The van der Waals surface area contributed by atoms with Gasteiger partial charge in [0.25, 0.3) is 0 Å². The number of aliphatic carboxylic acids is 6. The van der Waals surface area contributed by atoms with E-state index >= 15 is 0 Å². The molecule has 1 saturated heterocycles. The lowest BCUT2D eigenvalue weighted by atomic mass is 10.00. The minimum absolute atomic E-state index is 0.0968. The first-order valence-electron chi connectivity index (χ1n) is 31.4. The lowest BCUT2D eigenvalue weighted by Gasteiger charge is -2.30. The summed E-state index contributed by atoms with van der Waals surface area (Å²) in [6, 6.07) is -6.54. The van der Waals surface area contributed by atoms with E-state index in [0.29, 0.717) is 5.56 Å². The van der Waals surface area contributed by atoms with Gasteiger partial charge in [0, 0.05) is 51.5 Å². The van der Waals surface area contributed by atoms with E-state index in [-0.39, 0.29) is 37.8 Å². The molecule has 0 radical (unpaired) electrons. The number of carbonyl (C=O) groups excluding carboxylic acids is 11. The minimum Gasteiger partial charge on any atom is -0.481 e. The maximum Gasteiger partial charge on any atom is 0.446 e. The van der Waals surface area contributed by atoms with Crippen LogP contribution >= 0.6 is 0 Å². The molecule has 556 valence electrons. The van der Waals surface area contributed by atoms with E-state index in [9.17, 15) is 121 Å². The zero-order valence-corrected chi connectivity index (χ0v) is 55.8. The molecule has 1 fully saturated rings. The van der Waals surface area contributed by atoms with Crippen LogP contribution in [0.15, 0.2) is 54.6 Å². The molecule has 11 atom stereocenters. The second-order valence-electron chi connectivity index (χ2n) is 23.9. The Morgan fingerprint density at radius 1 is 0.485 bits per heavy atom. The van der Waals surface area contributed by atoms with Crippen LogP contribution in [0.4, 0.5) is 0 Å². The van der Waals surface area contributed by atoms with Crippen molar-refractivity contribution >= 4 is 111 Å². The Morgan fingerprint density at radius 2 is 0.861 bits per heavy atom. The molecule has 1 aliphatic heterocycles. The quantitative estimate of drug-likeness (QED) is 0.0279. The zero-order valence-electron chi connectivity index (χ0n) is 55.0. The fourth-order valence-corrected chi connectivity index (χ4v) is 10.4. The molecule has 0 aliphatic carbocycles. The summed E-state index contributed by atoms with van der Waals surface area (Å²) >= 11 is 0. The summed E-state index contributed by atoms with van der Waals surface area (Å²) in [7, 11) is -5.03. The van der Waals surface area contributed by atoms with E-state index in [1.807, 2.05) is 0 Å². The molecule has 0 aromatic heterocycles. The average Bonchev–Trinajstić information content (AvgIpc) is 1.80. The lowest BCUT2D eigenvalue weighted by molar-refractivity contribution is -0.143. The lowest BCUT2D eigenvalue weighted by Crippen LogP contribution is -2.60. The van der Waals surface area contributed by atoms with Crippen LogP contribution in [0.1, 0.15) is 122 Å². The molecule has 3 rings (SSSR count). The van der Waals surface area contributed by atoms with E-state index in [1.54, 1.807) is 44.2 Å². The summed E-state index contributed by atoms with van der Waals surface area (Å²) in [6.07, 6.45) is -8.91. The van der Waals surface area contributed by atoms with Gasteiger partial charge >= 0.3 is 46.2 Å². The van der Waals surface area contributed by atoms with Crippen molar-refractivity contribution in [1.29, 1.82) is 0 Å². The maximum atomic E-state index is 14.4. The molecule has 20 N–H and O–H groups in total. The van der Waals surface area contributed by atoms with Gasteiger partial charge in [-0.05, 0) is 87.5 Å². The van der Waals surface area contributed by atoms with Crippen molar-refractivity contribution in [2.45, 2.75) is 190 Å². The number of carbonyl (C=O) groups is 17. The fraction of sp³-hybridized carbons (Fsp3) is 0.525. The molecule has 0 saturated carbocycles. The number of amides is 11. The largest absolute Gasteiger partial charge is 0.481 e. The number of primary amides is 1. The van der Waals surface area contributed by atoms with Crippen LogP contribution in [0.2, 0.25) is 0 Å². The van der Waals surface area contributed by atoms with Crippen LogP contribution in [0.5, 0.6) is 5.75 Å². The van der Waals surface area contributed by atoms with Crippen LogP contribution in [-0.2, 0) is 105 Å². The van der Waals surface area contributed by atoms with E-state index in [1.165, 1.54) is 12.1 Å². The van der Waals surface area contributed by atoms with Gasteiger partial charge in [0.1, 0.15) is 66.2 Å². The molecule has 0 spiro atoms. The predicted molar refractivity (Wildman–Crippen MR) is 343 cm³/mol. The Morgan fingerprint density at radius 3 is 1.28 bits per heavy atom. The molecule has 2 aromatic carbocycles. The van der Waals surface area contributed by atoms with Crippen LogP contribution in [0.25, 0.3) is 0 Å². The first kappa shape index (κ1) is 84.3. The summed E-state index contributed by atoms with van der Waals surface area (Å²) in [5, 5.41) is 78.3. The molecule has 0 bridgehead atoms. The van der Waals surface area contributed by atoms with Crippen molar-refractivity contribution in [3.8, 4) is 5.75 Å². The molecule has 39 nitrogen and oxygen atoms in total. The number of nitrogens with zero attached hydrogens (tertiary/aromatic N) is 1. The second kappa shape index (κ2) is 40.9. The van der Waals surface area contributed by atoms with Gasteiger partial charge in [-0.15, -0.1) is 0 Å². The van der Waals surface area contributed by atoms with Crippen molar-refractivity contribution in [2.24, 2.45) is 17.4 Å². The third-order valence-corrected chi connectivity index (χ3v) is 15.6. The normalized spacial score (nSPS) is 15.6. The number of rotatable bonds is 45. The summed E-state index contributed by atoms with van der Waals surface area (Å²) < 4.78 is 36.4. The number of carboxylic acid groups (broad SMARTS) is 6. The topological polar surface area (TPSA) is 639 Å². The number of hydrogen-bond acceptors (Lipinski definition) is 21. The van der Waals surface area contributed by atoms with E-state index in [4.69, 9.17) is 16.0 Å².